The molecule has 21 heavy (non-hydrogen) atoms. The normalized spacial score (nSPS) is 11.5. The van der Waals surface area contributed by atoms with Crippen LogP contribution < -0.4 is 0 Å². The van der Waals surface area contributed by atoms with Crippen LogP contribution in [0.4, 0.5) is 0 Å². The molecule has 0 N–H and O–H groups in total. The molecule has 120 valence electrons. The third-order valence-corrected chi connectivity index (χ3v) is 3.56. The summed E-state index contributed by atoms with van der Waals surface area (Å²) in [5.41, 5.74) is 0. The van der Waals surface area contributed by atoms with Crippen molar-refractivity contribution in [3.8, 4) is 0 Å². The van der Waals surface area contributed by atoms with Gasteiger partial charge >= 0.3 is 8.05 Å². The summed E-state index contributed by atoms with van der Waals surface area (Å²) in [6.45, 7) is 2.24. The smallest absolute Gasteiger partial charge is 0.325 e. The molecule has 0 aliphatic carbocycles. The molecule has 3 heteroatoms. The minimum Gasteiger partial charge on any atom is -0.543 e. The maximum Gasteiger partial charge on any atom is 0.325 e. The molecular formula is C18H33BO2. The molecule has 0 aromatic rings. The number of hydrogen-bond donors (Lipinski definition) is 0. The van der Waals surface area contributed by atoms with E-state index in [1.54, 1.807) is 0 Å². The zero-order valence-corrected chi connectivity index (χ0v) is 14.1. The molecule has 0 radical (unpaired) electrons. The predicted octanol–water partition coefficient (Wildman–Crippen LogP) is 4.89. The van der Waals surface area contributed by atoms with Gasteiger partial charge in [0.25, 0.3) is 5.97 Å². The number of allylic oxidation sites excluding steroid dienone is 4. The van der Waals surface area contributed by atoms with Gasteiger partial charge in [-0.1, -0.05) is 63.3 Å². The molecule has 0 aromatic heterocycles. The van der Waals surface area contributed by atoms with Gasteiger partial charge in [-0.05, 0) is 38.5 Å². The second kappa shape index (κ2) is 17.1. The maximum absolute atomic E-state index is 10.9. The molecule has 0 spiro atoms. The minimum absolute atomic E-state index is 0.0827. The van der Waals surface area contributed by atoms with Crippen molar-refractivity contribution in [3.05, 3.63) is 24.3 Å². The summed E-state index contributed by atoms with van der Waals surface area (Å²) in [7, 11) is 1.45. The van der Waals surface area contributed by atoms with Crippen LogP contribution in [0.3, 0.4) is 0 Å². The van der Waals surface area contributed by atoms with E-state index >= 15 is 0 Å². The lowest BCUT2D eigenvalue weighted by Crippen LogP contribution is -2.00. The average molecular weight is 292 g/mol. The molecule has 0 unspecified atom stereocenters. The Balaban J connectivity index is 3.20. The zero-order chi connectivity index (χ0) is 15.6. The van der Waals surface area contributed by atoms with E-state index in [2.05, 4.69) is 35.9 Å². The van der Waals surface area contributed by atoms with Gasteiger partial charge in [0.1, 0.15) is 0 Å². The number of rotatable bonds is 14. The summed E-state index contributed by atoms with van der Waals surface area (Å²) in [5, 5.41) is 0. The van der Waals surface area contributed by atoms with Crippen LogP contribution in [0, 0.1) is 0 Å². The third-order valence-electron chi connectivity index (χ3n) is 3.56. The van der Waals surface area contributed by atoms with Gasteiger partial charge in [-0.3, -0.25) is 4.79 Å². The highest BCUT2D eigenvalue weighted by Crippen LogP contribution is 2.08. The largest absolute Gasteiger partial charge is 0.543 e. The van der Waals surface area contributed by atoms with E-state index in [9.17, 15) is 4.79 Å². The summed E-state index contributed by atoms with van der Waals surface area (Å²) in [4.78, 5) is 10.9. The third kappa shape index (κ3) is 17.0. The van der Waals surface area contributed by atoms with Gasteiger partial charge in [-0.15, -0.1) is 0 Å². The first kappa shape index (κ1) is 20.0. The Bertz CT molecular complexity index is 285. The maximum atomic E-state index is 10.9. The molecule has 0 aliphatic heterocycles. The molecule has 2 nitrogen and oxygen atoms in total. The van der Waals surface area contributed by atoms with Crippen molar-refractivity contribution in [1.82, 2.24) is 0 Å². The van der Waals surface area contributed by atoms with Gasteiger partial charge in [-0.25, -0.2) is 0 Å². The van der Waals surface area contributed by atoms with Gasteiger partial charge in [-0.2, -0.15) is 0 Å². The number of hydrogen-bond acceptors (Lipinski definition) is 2. The van der Waals surface area contributed by atoms with Crippen LogP contribution in [0.5, 0.6) is 0 Å². The highest BCUT2D eigenvalue weighted by molar-refractivity contribution is 6.05. The van der Waals surface area contributed by atoms with Crippen molar-refractivity contribution >= 4 is 14.0 Å². The molecule has 0 aliphatic rings. The van der Waals surface area contributed by atoms with E-state index in [4.69, 9.17) is 0 Å². The van der Waals surface area contributed by atoms with Crippen LogP contribution in [0.25, 0.3) is 0 Å². The van der Waals surface area contributed by atoms with Gasteiger partial charge < -0.3 is 4.65 Å². The molecule has 0 saturated carbocycles. The summed E-state index contributed by atoms with van der Waals surface area (Å²) < 4.78 is 4.62. The Morgan fingerprint density at radius 2 is 1.43 bits per heavy atom. The van der Waals surface area contributed by atoms with E-state index < -0.39 is 0 Å². The molecule has 0 bridgehead atoms. The Morgan fingerprint density at radius 1 is 0.857 bits per heavy atom. The fourth-order valence-corrected chi connectivity index (χ4v) is 2.18. The van der Waals surface area contributed by atoms with Crippen LogP contribution >= 0.6 is 0 Å². The lowest BCUT2D eigenvalue weighted by atomic mass is 10.1. The van der Waals surface area contributed by atoms with Crippen molar-refractivity contribution in [2.75, 3.05) is 0 Å². The van der Waals surface area contributed by atoms with Gasteiger partial charge in [0.15, 0.2) is 0 Å². The molecular weight excluding hydrogens is 259 g/mol. The van der Waals surface area contributed by atoms with Crippen molar-refractivity contribution in [3.63, 3.8) is 0 Å². The second-order valence-electron chi connectivity index (χ2n) is 5.56. The van der Waals surface area contributed by atoms with Crippen molar-refractivity contribution < 1.29 is 9.45 Å². The van der Waals surface area contributed by atoms with Crippen LogP contribution in [-0.2, 0) is 9.45 Å². The second-order valence-corrected chi connectivity index (χ2v) is 5.56. The Morgan fingerprint density at radius 3 is 2.05 bits per heavy atom. The first-order chi connectivity index (χ1) is 10.3. The van der Waals surface area contributed by atoms with Crippen LogP contribution in [0.15, 0.2) is 24.3 Å². The average Bonchev–Trinajstić information content (AvgIpc) is 2.50. The Labute approximate surface area is 132 Å². The highest BCUT2D eigenvalue weighted by atomic mass is 16.5. The molecule has 0 fully saturated rings. The van der Waals surface area contributed by atoms with E-state index in [1.165, 1.54) is 59.4 Å². The monoisotopic (exact) mass is 292 g/mol. The van der Waals surface area contributed by atoms with Crippen LogP contribution in [0.2, 0.25) is 0 Å². The summed E-state index contributed by atoms with van der Waals surface area (Å²) in [6.07, 6.45) is 23.0. The predicted molar refractivity (Wildman–Crippen MR) is 94.0 cm³/mol. The fraction of sp³-hybridized carbons (Fsp3) is 0.722. The molecule has 0 rings (SSSR count). The van der Waals surface area contributed by atoms with E-state index in [0.717, 1.165) is 19.3 Å². The zero-order valence-electron chi connectivity index (χ0n) is 14.1. The molecule has 0 atom stereocenters. The van der Waals surface area contributed by atoms with Crippen LogP contribution in [0.1, 0.15) is 84.0 Å². The molecule has 0 amide bonds. The fourth-order valence-electron chi connectivity index (χ4n) is 2.18. The highest BCUT2D eigenvalue weighted by Gasteiger charge is 1.98. The topological polar surface area (TPSA) is 26.3 Å². The van der Waals surface area contributed by atoms with Crippen molar-refractivity contribution in [2.45, 2.75) is 84.0 Å². The minimum atomic E-state index is -0.0827. The summed E-state index contributed by atoms with van der Waals surface area (Å²) >= 11 is 0. The lowest BCUT2D eigenvalue weighted by Gasteiger charge is -2.00. The SMILES string of the molecule is BOC(=O)CCCCCCC/C=C\C/C=C\CCCCC. The first-order valence-electron chi connectivity index (χ1n) is 8.68. The number of carbonyl (C=O) groups is 1. The number of unbranched alkanes of at least 4 members (excludes halogenated alkanes) is 8. The van der Waals surface area contributed by atoms with E-state index in [0.29, 0.717) is 6.42 Å². The number of carbonyl (C=O) groups excluding carboxylic acids is 1. The first-order valence-corrected chi connectivity index (χ1v) is 8.68. The Kier molecular flexibility index (Phi) is 16.3. The van der Waals surface area contributed by atoms with Gasteiger partial charge in [0, 0.05) is 6.42 Å². The van der Waals surface area contributed by atoms with Gasteiger partial charge in [0.05, 0.1) is 0 Å². The lowest BCUT2D eigenvalue weighted by molar-refractivity contribution is -0.134. The molecule has 0 saturated heterocycles. The van der Waals surface area contributed by atoms with Crippen molar-refractivity contribution in [1.29, 1.82) is 0 Å². The van der Waals surface area contributed by atoms with Crippen LogP contribution in [-0.4, -0.2) is 14.0 Å². The summed E-state index contributed by atoms with van der Waals surface area (Å²) in [5.74, 6) is -0.0827. The Hall–Kier alpha value is -0.985. The molecule has 0 aromatic carbocycles. The van der Waals surface area contributed by atoms with E-state index in [-0.39, 0.29) is 5.97 Å². The quantitative estimate of drug-likeness (QED) is 0.259. The van der Waals surface area contributed by atoms with Crippen molar-refractivity contribution in [2.24, 2.45) is 0 Å². The summed E-state index contributed by atoms with van der Waals surface area (Å²) in [6, 6.07) is 0. The van der Waals surface area contributed by atoms with E-state index in [1.807, 2.05) is 0 Å². The van der Waals surface area contributed by atoms with Gasteiger partial charge in [0.2, 0.25) is 0 Å². The molecule has 0 heterocycles. The standard InChI is InChI=1S/C18H33BO2/c1-2-3-4-5-6-7-8-9-10-11-12-13-14-15-16-17-18(20)21-19/h6-7,9-10H,2-5,8,11-17,19H2,1H3/b7-6-,10-9-.